The molecule has 1 aromatic carbocycles. The average Bonchev–Trinajstić information content (AvgIpc) is 2.85. The molecule has 0 heteroatoms. The van der Waals surface area contributed by atoms with Gasteiger partial charge in [0.05, 0.1) is 0 Å². The minimum absolute atomic E-state index is 0.756. The van der Waals surface area contributed by atoms with Crippen LogP contribution in [0.3, 0.4) is 0 Å². The third-order valence-corrected chi connectivity index (χ3v) is 8.22. The molecule has 2 aliphatic rings. The highest BCUT2D eigenvalue weighted by Crippen LogP contribution is 2.37. The first kappa shape index (κ1) is 25.1. The van der Waals surface area contributed by atoms with Crippen LogP contribution in [-0.4, -0.2) is 0 Å². The molecule has 0 heterocycles. The third kappa shape index (κ3) is 8.81. The zero-order valence-electron chi connectivity index (χ0n) is 21.1. The predicted molar refractivity (Wildman–Crippen MR) is 141 cm³/mol. The van der Waals surface area contributed by atoms with Crippen LogP contribution in [0.5, 0.6) is 0 Å². The summed E-state index contributed by atoms with van der Waals surface area (Å²) in [5, 5.41) is 0. The van der Waals surface area contributed by atoms with Gasteiger partial charge in [-0.25, -0.2) is 0 Å². The van der Waals surface area contributed by atoms with E-state index in [0.717, 1.165) is 29.2 Å². The lowest BCUT2D eigenvalue weighted by Gasteiger charge is -2.28. The van der Waals surface area contributed by atoms with Crippen molar-refractivity contribution in [2.24, 2.45) is 17.8 Å². The van der Waals surface area contributed by atoms with Crippen molar-refractivity contribution in [3.05, 3.63) is 47.5 Å². The minimum atomic E-state index is 0.756. The molecule has 2 fully saturated rings. The van der Waals surface area contributed by atoms with E-state index in [2.05, 4.69) is 62.1 Å². The second-order valence-electron chi connectivity index (χ2n) is 10.7. The Labute approximate surface area is 199 Å². The van der Waals surface area contributed by atoms with Gasteiger partial charge in [-0.1, -0.05) is 95.3 Å². The average molecular weight is 433 g/mol. The number of unbranched alkanes of at least 4 members (excludes halogenated alkanes) is 4. The van der Waals surface area contributed by atoms with E-state index in [1.165, 1.54) is 108 Å². The van der Waals surface area contributed by atoms with E-state index in [4.69, 9.17) is 0 Å². The molecule has 0 unspecified atom stereocenters. The minimum Gasteiger partial charge on any atom is -0.0730 e. The van der Waals surface area contributed by atoms with E-state index in [-0.39, 0.29) is 0 Å². The molecular weight excluding hydrogens is 384 g/mol. The van der Waals surface area contributed by atoms with Gasteiger partial charge in [-0.05, 0) is 98.8 Å². The van der Waals surface area contributed by atoms with Crippen LogP contribution in [0.2, 0.25) is 0 Å². The summed E-state index contributed by atoms with van der Waals surface area (Å²) in [4.78, 5) is 0. The molecule has 0 aromatic heterocycles. The van der Waals surface area contributed by atoms with Crippen molar-refractivity contribution in [3.63, 3.8) is 0 Å². The summed E-state index contributed by atoms with van der Waals surface area (Å²) in [5.41, 5.74) is 2.69. The maximum atomic E-state index is 3.36. The standard InChI is InChI=1S/C32H48/c1-3-5-7-8-12-28-15-17-29(18-16-28)13-9-10-14-30-21-25-32(26-22-30)31-23-19-27(20-24-31)11-6-4-2/h9,13,21-22,25-29,31H,3-8,11-12,15-20,23-24H2,1-2H3. The zero-order chi connectivity index (χ0) is 22.4. The van der Waals surface area contributed by atoms with Crippen LogP contribution in [0.4, 0.5) is 0 Å². The van der Waals surface area contributed by atoms with E-state index in [0.29, 0.717) is 0 Å². The van der Waals surface area contributed by atoms with Gasteiger partial charge in [-0.15, -0.1) is 0 Å². The maximum Gasteiger partial charge on any atom is 0.0249 e. The molecular formula is C32H48. The Morgan fingerprint density at radius 3 is 2.00 bits per heavy atom. The fourth-order valence-electron chi connectivity index (χ4n) is 5.95. The first-order chi connectivity index (χ1) is 15.8. The lowest BCUT2D eigenvalue weighted by molar-refractivity contribution is 0.289. The van der Waals surface area contributed by atoms with Gasteiger partial charge in [0, 0.05) is 5.56 Å². The first-order valence-corrected chi connectivity index (χ1v) is 14.1. The van der Waals surface area contributed by atoms with Crippen LogP contribution in [0.1, 0.15) is 134 Å². The van der Waals surface area contributed by atoms with Gasteiger partial charge in [0.2, 0.25) is 0 Å². The Morgan fingerprint density at radius 2 is 1.34 bits per heavy atom. The van der Waals surface area contributed by atoms with Crippen molar-refractivity contribution in [2.45, 2.75) is 122 Å². The Morgan fingerprint density at radius 1 is 0.719 bits per heavy atom. The molecule has 2 aliphatic carbocycles. The smallest absolute Gasteiger partial charge is 0.0249 e. The highest BCUT2D eigenvalue weighted by atomic mass is 14.3. The Bertz CT molecular complexity index is 697. The van der Waals surface area contributed by atoms with Gasteiger partial charge in [0.15, 0.2) is 0 Å². The largest absolute Gasteiger partial charge is 0.0730 e. The van der Waals surface area contributed by atoms with Crippen LogP contribution in [-0.2, 0) is 0 Å². The lowest BCUT2D eigenvalue weighted by Crippen LogP contribution is -2.13. The molecule has 0 aliphatic heterocycles. The van der Waals surface area contributed by atoms with Gasteiger partial charge >= 0.3 is 0 Å². The monoisotopic (exact) mass is 432 g/mol. The highest BCUT2D eigenvalue weighted by molar-refractivity contribution is 5.39. The number of allylic oxidation sites excluding steroid dienone is 2. The molecule has 0 saturated heterocycles. The lowest BCUT2D eigenvalue weighted by atomic mass is 9.77. The number of hydrogen-bond acceptors (Lipinski definition) is 0. The number of benzene rings is 1. The summed E-state index contributed by atoms with van der Waals surface area (Å²) in [6, 6.07) is 9.16. The number of rotatable bonds is 10. The number of hydrogen-bond donors (Lipinski definition) is 0. The van der Waals surface area contributed by atoms with Gasteiger partial charge in [-0.3, -0.25) is 0 Å². The summed E-state index contributed by atoms with van der Waals surface area (Å²) in [5.74, 6) is 10.2. The van der Waals surface area contributed by atoms with Crippen molar-refractivity contribution < 1.29 is 0 Å². The molecule has 0 nitrogen and oxygen atoms in total. The molecule has 1 aromatic rings. The normalized spacial score (nSPS) is 26.1. The van der Waals surface area contributed by atoms with E-state index in [1.54, 1.807) is 0 Å². The van der Waals surface area contributed by atoms with Crippen LogP contribution in [0.15, 0.2) is 36.4 Å². The van der Waals surface area contributed by atoms with Crippen molar-refractivity contribution in [1.82, 2.24) is 0 Å². The van der Waals surface area contributed by atoms with Gasteiger partial charge in [0.25, 0.3) is 0 Å². The SMILES string of the molecule is CCCCCCC1CCC(C=CC#Cc2ccc(C3CCC(CCCC)CC3)cc2)CC1. The van der Waals surface area contributed by atoms with Crippen molar-refractivity contribution in [3.8, 4) is 11.8 Å². The second kappa shape index (κ2) is 14.6. The predicted octanol–water partition coefficient (Wildman–Crippen LogP) is 9.84. The van der Waals surface area contributed by atoms with E-state index < -0.39 is 0 Å². The highest BCUT2D eigenvalue weighted by Gasteiger charge is 2.22. The van der Waals surface area contributed by atoms with Crippen LogP contribution in [0, 0.1) is 29.6 Å². The molecule has 3 rings (SSSR count). The van der Waals surface area contributed by atoms with E-state index in [9.17, 15) is 0 Å². The van der Waals surface area contributed by atoms with Crippen molar-refractivity contribution in [1.29, 1.82) is 0 Å². The fraction of sp³-hybridized carbons (Fsp3) is 0.688. The molecule has 176 valence electrons. The van der Waals surface area contributed by atoms with Crippen molar-refractivity contribution >= 4 is 0 Å². The molecule has 0 radical (unpaired) electrons. The molecule has 0 amide bonds. The van der Waals surface area contributed by atoms with E-state index >= 15 is 0 Å². The van der Waals surface area contributed by atoms with Gasteiger partial charge < -0.3 is 0 Å². The summed E-state index contributed by atoms with van der Waals surface area (Å²) in [6.07, 6.45) is 27.0. The second-order valence-corrected chi connectivity index (χ2v) is 10.7. The van der Waals surface area contributed by atoms with Crippen LogP contribution in [0.25, 0.3) is 0 Å². The first-order valence-electron chi connectivity index (χ1n) is 14.1. The zero-order valence-corrected chi connectivity index (χ0v) is 21.1. The Balaban J connectivity index is 1.36. The van der Waals surface area contributed by atoms with Crippen molar-refractivity contribution in [2.75, 3.05) is 0 Å². The summed E-state index contributed by atoms with van der Waals surface area (Å²) in [7, 11) is 0. The van der Waals surface area contributed by atoms with Crippen LogP contribution >= 0.6 is 0 Å². The topological polar surface area (TPSA) is 0 Å². The molecule has 0 bridgehead atoms. The summed E-state index contributed by atoms with van der Waals surface area (Å²) >= 11 is 0. The fourth-order valence-corrected chi connectivity index (χ4v) is 5.95. The van der Waals surface area contributed by atoms with Gasteiger partial charge in [-0.2, -0.15) is 0 Å². The molecule has 0 N–H and O–H groups in total. The third-order valence-electron chi connectivity index (χ3n) is 8.22. The molecule has 32 heavy (non-hydrogen) atoms. The Hall–Kier alpha value is -1.48. The molecule has 0 atom stereocenters. The summed E-state index contributed by atoms with van der Waals surface area (Å²) in [6.45, 7) is 4.61. The molecule has 2 saturated carbocycles. The molecule has 0 spiro atoms. The quantitative estimate of drug-likeness (QED) is 0.255. The van der Waals surface area contributed by atoms with Gasteiger partial charge in [0.1, 0.15) is 0 Å². The van der Waals surface area contributed by atoms with Crippen LogP contribution < -0.4 is 0 Å². The Kier molecular flexibility index (Phi) is 11.5. The maximum absolute atomic E-state index is 3.36. The summed E-state index contributed by atoms with van der Waals surface area (Å²) < 4.78 is 0. The van der Waals surface area contributed by atoms with E-state index in [1.807, 2.05) is 0 Å².